The second-order valence-electron chi connectivity index (χ2n) is 6.12. The van der Waals surface area contributed by atoms with E-state index in [9.17, 15) is 8.42 Å². The number of hydrogen-bond acceptors (Lipinski definition) is 6. The molecule has 2 heterocycles. The second kappa shape index (κ2) is 7.38. The molecule has 1 fully saturated rings. The van der Waals surface area contributed by atoms with Crippen LogP contribution in [0.5, 0.6) is 0 Å². The molecule has 0 spiro atoms. The van der Waals surface area contributed by atoms with E-state index in [-0.39, 0.29) is 18.4 Å². The van der Waals surface area contributed by atoms with Crippen LogP contribution in [0.25, 0.3) is 0 Å². The first-order valence-electron chi connectivity index (χ1n) is 7.73. The first-order chi connectivity index (χ1) is 10.8. The van der Waals surface area contributed by atoms with Crippen molar-refractivity contribution in [3.8, 4) is 6.07 Å². The molecule has 2 rings (SSSR count). The van der Waals surface area contributed by atoms with Gasteiger partial charge in [0.2, 0.25) is 5.89 Å². The van der Waals surface area contributed by atoms with Crippen molar-refractivity contribution >= 4 is 10.2 Å². The summed E-state index contributed by atoms with van der Waals surface area (Å²) in [5.74, 6) is 0.985. The van der Waals surface area contributed by atoms with Crippen molar-refractivity contribution in [2.75, 3.05) is 26.7 Å². The third-order valence-electron chi connectivity index (χ3n) is 3.99. The van der Waals surface area contributed by atoms with E-state index in [1.807, 2.05) is 0 Å². The summed E-state index contributed by atoms with van der Waals surface area (Å²) < 4.78 is 33.0. The molecule has 1 aliphatic rings. The van der Waals surface area contributed by atoms with Crippen LogP contribution in [0.15, 0.2) is 4.52 Å². The minimum absolute atomic E-state index is 0.178. The maximum Gasteiger partial charge on any atom is 0.281 e. The summed E-state index contributed by atoms with van der Waals surface area (Å²) in [5.41, 5.74) is 0. The van der Waals surface area contributed by atoms with Crippen LogP contribution in [-0.2, 0) is 16.6 Å². The van der Waals surface area contributed by atoms with Crippen LogP contribution in [0.2, 0.25) is 0 Å². The molecule has 1 aromatic rings. The van der Waals surface area contributed by atoms with Gasteiger partial charge >= 0.3 is 0 Å². The molecule has 0 unspecified atom stereocenters. The minimum atomic E-state index is -3.54. The van der Waals surface area contributed by atoms with Crippen LogP contribution in [0.3, 0.4) is 0 Å². The molecule has 0 saturated carbocycles. The number of aromatic nitrogens is 2. The monoisotopic (exact) mass is 341 g/mol. The highest BCUT2D eigenvalue weighted by molar-refractivity contribution is 7.86. The van der Waals surface area contributed by atoms with Gasteiger partial charge in [-0.2, -0.15) is 27.3 Å². The smallest absolute Gasteiger partial charge is 0.281 e. The fourth-order valence-electron chi connectivity index (χ4n) is 2.80. The molecule has 1 saturated heterocycles. The third kappa shape index (κ3) is 4.50. The summed E-state index contributed by atoms with van der Waals surface area (Å²) in [7, 11) is -2.01. The summed E-state index contributed by atoms with van der Waals surface area (Å²) in [5, 5.41) is 12.7. The molecular formula is C14H23N5O3S. The quantitative estimate of drug-likeness (QED) is 0.764. The summed E-state index contributed by atoms with van der Waals surface area (Å²) >= 11 is 0. The van der Waals surface area contributed by atoms with Crippen LogP contribution >= 0.6 is 0 Å². The Bertz CT molecular complexity index is 666. The Morgan fingerprint density at radius 1 is 1.57 bits per heavy atom. The lowest BCUT2D eigenvalue weighted by Gasteiger charge is -2.34. The highest BCUT2D eigenvalue weighted by Gasteiger charge is 2.32. The van der Waals surface area contributed by atoms with E-state index in [4.69, 9.17) is 9.78 Å². The molecule has 0 aliphatic carbocycles. The van der Waals surface area contributed by atoms with Gasteiger partial charge in [-0.1, -0.05) is 5.16 Å². The van der Waals surface area contributed by atoms with Crippen molar-refractivity contribution in [2.45, 2.75) is 33.1 Å². The van der Waals surface area contributed by atoms with Gasteiger partial charge < -0.3 is 4.52 Å². The molecule has 1 aliphatic heterocycles. The van der Waals surface area contributed by atoms with Crippen LogP contribution < -0.4 is 0 Å². The molecule has 0 N–H and O–H groups in total. The molecule has 128 valence electrons. The van der Waals surface area contributed by atoms with Crippen molar-refractivity contribution < 1.29 is 12.9 Å². The molecule has 0 radical (unpaired) electrons. The third-order valence-corrected chi connectivity index (χ3v) is 5.92. The Labute approximate surface area is 137 Å². The Hall–Kier alpha value is -1.50. The van der Waals surface area contributed by atoms with Gasteiger partial charge in [0.25, 0.3) is 10.2 Å². The Morgan fingerprint density at radius 2 is 2.30 bits per heavy atom. The van der Waals surface area contributed by atoms with Crippen molar-refractivity contribution in [2.24, 2.45) is 11.8 Å². The van der Waals surface area contributed by atoms with Gasteiger partial charge in [0.1, 0.15) is 0 Å². The van der Waals surface area contributed by atoms with Crippen LogP contribution in [0.4, 0.5) is 0 Å². The van der Waals surface area contributed by atoms with Crippen LogP contribution in [0.1, 0.15) is 31.5 Å². The fourth-order valence-corrected chi connectivity index (χ4v) is 4.37. The van der Waals surface area contributed by atoms with Crippen molar-refractivity contribution in [3.05, 3.63) is 11.7 Å². The summed E-state index contributed by atoms with van der Waals surface area (Å²) in [4.78, 5) is 4.19. The summed E-state index contributed by atoms with van der Waals surface area (Å²) in [6.07, 6.45) is 2.36. The standard InChI is InChI=1S/C14H23N5O3S/c1-11(8-15)9-18(3)23(20,21)19-6-4-5-13(10-19)7-14-16-12(2)22-17-14/h11,13H,4-7,9-10H2,1-3H3/t11-,13+/m1/s1. The zero-order valence-corrected chi connectivity index (χ0v) is 14.6. The molecule has 8 nitrogen and oxygen atoms in total. The maximum absolute atomic E-state index is 12.6. The first-order valence-corrected chi connectivity index (χ1v) is 9.13. The van der Waals surface area contributed by atoms with E-state index < -0.39 is 10.2 Å². The second-order valence-corrected chi connectivity index (χ2v) is 8.15. The van der Waals surface area contributed by atoms with Gasteiger partial charge in [-0.3, -0.25) is 0 Å². The van der Waals surface area contributed by atoms with E-state index in [0.29, 0.717) is 31.2 Å². The van der Waals surface area contributed by atoms with E-state index >= 15 is 0 Å². The molecule has 0 bridgehead atoms. The summed E-state index contributed by atoms with van der Waals surface area (Å²) in [6, 6.07) is 2.06. The lowest BCUT2D eigenvalue weighted by Crippen LogP contribution is -2.47. The fraction of sp³-hybridized carbons (Fsp3) is 0.786. The first kappa shape index (κ1) is 17.8. The van der Waals surface area contributed by atoms with Crippen LogP contribution in [-0.4, -0.2) is 53.9 Å². The Morgan fingerprint density at radius 3 is 2.91 bits per heavy atom. The number of hydrogen-bond donors (Lipinski definition) is 0. The highest BCUT2D eigenvalue weighted by atomic mass is 32.2. The van der Waals surface area contributed by atoms with E-state index in [2.05, 4.69) is 16.2 Å². The Balaban J connectivity index is 2.00. The lowest BCUT2D eigenvalue weighted by atomic mass is 9.96. The minimum Gasteiger partial charge on any atom is -0.340 e. The molecule has 9 heteroatoms. The number of piperidine rings is 1. The van der Waals surface area contributed by atoms with E-state index in [1.165, 1.54) is 15.7 Å². The number of rotatable bonds is 6. The molecule has 0 aromatic carbocycles. The van der Waals surface area contributed by atoms with Gasteiger partial charge in [0.15, 0.2) is 5.82 Å². The largest absolute Gasteiger partial charge is 0.340 e. The van der Waals surface area contributed by atoms with Crippen molar-refractivity contribution in [3.63, 3.8) is 0 Å². The van der Waals surface area contributed by atoms with Gasteiger partial charge in [0.05, 0.1) is 12.0 Å². The highest BCUT2D eigenvalue weighted by Crippen LogP contribution is 2.23. The van der Waals surface area contributed by atoms with Gasteiger partial charge in [-0.05, 0) is 25.7 Å². The van der Waals surface area contributed by atoms with E-state index in [0.717, 1.165) is 12.8 Å². The molecule has 23 heavy (non-hydrogen) atoms. The van der Waals surface area contributed by atoms with Gasteiger partial charge in [-0.15, -0.1) is 0 Å². The number of nitriles is 1. The SMILES string of the molecule is Cc1nc(C[C@@H]2CCCN(S(=O)(=O)N(C)C[C@H](C)C#N)C2)no1. The van der Waals surface area contributed by atoms with E-state index in [1.54, 1.807) is 13.8 Å². The zero-order valence-electron chi connectivity index (χ0n) is 13.8. The lowest BCUT2D eigenvalue weighted by molar-refractivity contribution is 0.245. The predicted octanol–water partition coefficient (Wildman–Crippen LogP) is 0.969. The summed E-state index contributed by atoms with van der Waals surface area (Å²) in [6.45, 7) is 4.60. The van der Waals surface area contributed by atoms with Crippen LogP contribution in [0, 0.1) is 30.1 Å². The topological polar surface area (TPSA) is 103 Å². The molecule has 1 aromatic heterocycles. The van der Waals surface area contributed by atoms with Gasteiger partial charge in [0, 0.05) is 40.0 Å². The number of aryl methyl sites for hydroxylation is 1. The maximum atomic E-state index is 12.6. The van der Waals surface area contributed by atoms with Crippen molar-refractivity contribution in [1.82, 2.24) is 18.8 Å². The normalized spacial score (nSPS) is 21.3. The Kier molecular flexibility index (Phi) is 5.73. The predicted molar refractivity (Wildman–Crippen MR) is 83.4 cm³/mol. The number of nitrogens with zero attached hydrogens (tertiary/aromatic N) is 5. The molecule has 2 atom stereocenters. The average Bonchev–Trinajstić information content (AvgIpc) is 2.92. The molecular weight excluding hydrogens is 318 g/mol. The molecule has 0 amide bonds. The zero-order chi connectivity index (χ0) is 17.0. The van der Waals surface area contributed by atoms with Crippen molar-refractivity contribution in [1.29, 1.82) is 5.26 Å². The van der Waals surface area contributed by atoms with Gasteiger partial charge in [-0.25, -0.2) is 0 Å². The average molecular weight is 341 g/mol.